The number of benzene rings is 1. The van der Waals surface area contributed by atoms with E-state index in [9.17, 15) is 49.7 Å². The van der Waals surface area contributed by atoms with Gasteiger partial charge in [0, 0.05) is 18.1 Å². The number of rotatable bonds is 10. The maximum Gasteiger partial charge on any atom is 0.269 e. The fraction of sp³-hybridized carbons (Fsp3) is 0.412. The molecular formula is C17H15NO10-4. The third-order valence-corrected chi connectivity index (χ3v) is 5.00. The van der Waals surface area contributed by atoms with Crippen molar-refractivity contribution < 1.29 is 44.5 Å². The summed E-state index contributed by atoms with van der Waals surface area (Å²) in [5.41, 5.74) is -7.11. The monoisotopic (exact) mass is 393 g/mol. The third kappa shape index (κ3) is 3.26. The van der Waals surface area contributed by atoms with E-state index in [1.165, 1.54) is 0 Å². The maximum atomic E-state index is 11.8. The molecule has 0 aliphatic rings. The van der Waals surface area contributed by atoms with Crippen molar-refractivity contribution in [2.45, 2.75) is 32.6 Å². The van der Waals surface area contributed by atoms with Crippen molar-refractivity contribution in [2.75, 3.05) is 0 Å². The number of carbonyl (C=O) groups excluding carboxylic acids is 4. The van der Waals surface area contributed by atoms with E-state index in [4.69, 9.17) is 0 Å². The van der Waals surface area contributed by atoms with Gasteiger partial charge < -0.3 is 39.6 Å². The summed E-state index contributed by atoms with van der Waals surface area (Å²) in [7, 11) is 0. The zero-order valence-corrected chi connectivity index (χ0v) is 14.8. The first-order valence-electron chi connectivity index (χ1n) is 8.03. The number of nitro groups is 1. The molecule has 0 fully saturated rings. The van der Waals surface area contributed by atoms with Crippen LogP contribution in [0.2, 0.25) is 0 Å². The quantitative estimate of drug-likeness (QED) is 0.217. The van der Waals surface area contributed by atoms with Crippen molar-refractivity contribution in [3.8, 4) is 0 Å². The van der Waals surface area contributed by atoms with Gasteiger partial charge in [0.25, 0.3) is 5.69 Å². The van der Waals surface area contributed by atoms with E-state index in [0.29, 0.717) is 0 Å². The second-order valence-electron chi connectivity index (χ2n) is 6.08. The summed E-state index contributed by atoms with van der Waals surface area (Å²) in [5, 5.41) is 58.1. The Morgan fingerprint density at radius 3 is 1.36 bits per heavy atom. The lowest BCUT2D eigenvalue weighted by Crippen LogP contribution is -2.66. The number of aliphatic carboxylic acids is 4. The average Bonchev–Trinajstić information content (AvgIpc) is 2.61. The van der Waals surface area contributed by atoms with Gasteiger partial charge in [0.1, 0.15) is 0 Å². The summed E-state index contributed by atoms with van der Waals surface area (Å²) >= 11 is 0. The van der Waals surface area contributed by atoms with Crippen LogP contribution in [0.3, 0.4) is 0 Å². The van der Waals surface area contributed by atoms with Gasteiger partial charge in [-0.25, -0.2) is 0 Å². The van der Waals surface area contributed by atoms with Crippen molar-refractivity contribution in [3.05, 3.63) is 39.9 Å². The molecule has 0 aromatic heterocycles. The van der Waals surface area contributed by atoms with E-state index in [2.05, 4.69) is 0 Å². The number of nitro benzene ring substituents is 1. The Bertz CT molecular complexity index is 746. The summed E-state index contributed by atoms with van der Waals surface area (Å²) in [5.74, 6) is -11.4. The summed E-state index contributed by atoms with van der Waals surface area (Å²) < 4.78 is 0. The molecule has 1 aromatic rings. The fourth-order valence-electron chi connectivity index (χ4n) is 3.40. The SMILES string of the molecule is CCC(C(=O)[O-])(C(=O)[O-])C(c1ccc([N+](=O)[O-])cc1)C(CC)(C(=O)[O-])C(=O)[O-]. The van der Waals surface area contributed by atoms with Crippen LogP contribution in [0.1, 0.15) is 38.2 Å². The summed E-state index contributed by atoms with van der Waals surface area (Å²) in [6.45, 7) is 2.13. The molecule has 0 saturated heterocycles. The molecule has 11 nitrogen and oxygen atoms in total. The van der Waals surface area contributed by atoms with Crippen LogP contribution in [0.25, 0.3) is 0 Å². The van der Waals surface area contributed by atoms with Crippen molar-refractivity contribution in [1.82, 2.24) is 0 Å². The van der Waals surface area contributed by atoms with Gasteiger partial charge in [-0.3, -0.25) is 10.1 Å². The third-order valence-electron chi connectivity index (χ3n) is 5.00. The first-order chi connectivity index (χ1) is 12.9. The number of carbonyl (C=O) groups is 4. The van der Waals surface area contributed by atoms with Crippen LogP contribution in [0, 0.1) is 20.9 Å². The Labute approximate surface area is 158 Å². The van der Waals surface area contributed by atoms with E-state index < -0.39 is 69.6 Å². The maximum absolute atomic E-state index is 11.8. The molecule has 0 bridgehead atoms. The minimum absolute atomic E-state index is 0.420. The van der Waals surface area contributed by atoms with Gasteiger partial charge in [0.15, 0.2) is 0 Å². The van der Waals surface area contributed by atoms with Gasteiger partial charge in [0.05, 0.1) is 39.6 Å². The van der Waals surface area contributed by atoms with Crippen LogP contribution in [-0.2, 0) is 19.2 Å². The second kappa shape index (κ2) is 8.03. The average molecular weight is 393 g/mol. The Morgan fingerprint density at radius 2 is 1.14 bits per heavy atom. The molecule has 0 amide bonds. The zero-order valence-electron chi connectivity index (χ0n) is 14.8. The largest absolute Gasteiger partial charge is 0.549 e. The lowest BCUT2D eigenvalue weighted by molar-refractivity contribution is -0.384. The summed E-state index contributed by atoms with van der Waals surface area (Å²) in [6.07, 6.45) is -1.61. The molecule has 0 N–H and O–H groups in total. The van der Waals surface area contributed by atoms with Gasteiger partial charge in [0.2, 0.25) is 0 Å². The van der Waals surface area contributed by atoms with Gasteiger partial charge in [-0.15, -0.1) is 0 Å². The van der Waals surface area contributed by atoms with E-state index in [1.807, 2.05) is 0 Å². The molecule has 0 atom stereocenters. The summed E-state index contributed by atoms with van der Waals surface area (Å²) in [4.78, 5) is 57.3. The van der Waals surface area contributed by atoms with E-state index in [1.54, 1.807) is 0 Å². The molecule has 1 rings (SSSR count). The molecule has 0 aliphatic carbocycles. The Balaban J connectivity index is 4.03. The molecule has 1 aromatic carbocycles. The highest BCUT2D eigenvalue weighted by Gasteiger charge is 2.54. The highest BCUT2D eigenvalue weighted by Crippen LogP contribution is 2.51. The van der Waals surface area contributed by atoms with Crippen LogP contribution >= 0.6 is 0 Å². The molecule has 11 heteroatoms. The van der Waals surface area contributed by atoms with Crippen molar-refractivity contribution in [1.29, 1.82) is 0 Å². The fourth-order valence-corrected chi connectivity index (χ4v) is 3.40. The molecule has 0 spiro atoms. The Morgan fingerprint density at radius 1 is 0.821 bits per heavy atom. The van der Waals surface area contributed by atoms with Crippen molar-refractivity contribution in [2.24, 2.45) is 10.8 Å². The van der Waals surface area contributed by atoms with Crippen LogP contribution in [0.4, 0.5) is 5.69 Å². The first-order valence-corrected chi connectivity index (χ1v) is 8.03. The molecule has 0 heterocycles. The van der Waals surface area contributed by atoms with Gasteiger partial charge in [-0.2, -0.15) is 0 Å². The highest BCUT2D eigenvalue weighted by atomic mass is 16.6. The predicted octanol–water partition coefficient (Wildman–Crippen LogP) is -3.53. The van der Waals surface area contributed by atoms with E-state index in [-0.39, 0.29) is 0 Å². The van der Waals surface area contributed by atoms with Crippen LogP contribution in [0.5, 0.6) is 0 Å². The zero-order chi connectivity index (χ0) is 21.9. The van der Waals surface area contributed by atoms with E-state index in [0.717, 1.165) is 38.1 Å². The first kappa shape index (κ1) is 22.5. The van der Waals surface area contributed by atoms with Crippen molar-refractivity contribution in [3.63, 3.8) is 0 Å². The standard InChI is InChI=1S/C17H19NO10/c1-3-16(12(19)20,13(21)22)11(17(4-2,14(23)24)15(25)26)9-5-7-10(8-6-9)18(27)28/h5-8,11H,3-4H2,1-2H3,(H,19,20)(H,21,22)(H,23,24)(H,25,26)/p-4. The smallest absolute Gasteiger partial charge is 0.269 e. The van der Waals surface area contributed by atoms with Gasteiger partial charge in [-0.05, 0) is 18.4 Å². The molecular weight excluding hydrogens is 378 g/mol. The molecule has 0 aliphatic heterocycles. The normalized spacial score (nSPS) is 11.8. The van der Waals surface area contributed by atoms with E-state index >= 15 is 0 Å². The number of carboxylic acid groups (broad SMARTS) is 4. The number of carboxylic acids is 4. The number of hydrogen-bond acceptors (Lipinski definition) is 10. The van der Waals surface area contributed by atoms with Gasteiger partial charge >= 0.3 is 0 Å². The minimum atomic E-state index is -3.10. The topological polar surface area (TPSA) is 204 Å². The minimum Gasteiger partial charge on any atom is -0.549 e. The lowest BCUT2D eigenvalue weighted by Gasteiger charge is -2.52. The van der Waals surface area contributed by atoms with Crippen molar-refractivity contribution >= 4 is 29.6 Å². The number of nitrogens with zero attached hydrogens (tertiary/aromatic N) is 1. The van der Waals surface area contributed by atoms with Crippen LogP contribution < -0.4 is 20.4 Å². The number of non-ortho nitro benzene ring substituents is 1. The van der Waals surface area contributed by atoms with Crippen LogP contribution in [-0.4, -0.2) is 28.8 Å². The highest BCUT2D eigenvalue weighted by molar-refractivity contribution is 6.03. The Hall–Kier alpha value is -3.50. The molecule has 0 radical (unpaired) electrons. The molecule has 0 unspecified atom stereocenters. The Kier molecular flexibility index (Phi) is 6.46. The number of hydrogen-bond donors (Lipinski definition) is 0. The molecule has 28 heavy (non-hydrogen) atoms. The second-order valence-corrected chi connectivity index (χ2v) is 6.08. The van der Waals surface area contributed by atoms with Crippen LogP contribution in [0.15, 0.2) is 24.3 Å². The van der Waals surface area contributed by atoms with Gasteiger partial charge in [-0.1, -0.05) is 26.0 Å². The molecule has 0 saturated carbocycles. The summed E-state index contributed by atoms with van der Waals surface area (Å²) in [6, 6.07) is 3.43. The predicted molar refractivity (Wildman–Crippen MR) is 81.3 cm³/mol. The molecule has 152 valence electrons. The lowest BCUT2D eigenvalue weighted by atomic mass is 9.56.